The number of carbonyl (C=O) groups excluding carboxylic acids is 1. The summed E-state index contributed by atoms with van der Waals surface area (Å²) in [6, 6.07) is 4.45. The van der Waals surface area contributed by atoms with Gasteiger partial charge in [0.05, 0.1) is 6.54 Å². The highest BCUT2D eigenvalue weighted by atomic mass is 35.5. The molecule has 0 spiro atoms. The number of nitrogens with one attached hydrogen (secondary N) is 1. The van der Waals surface area contributed by atoms with E-state index in [4.69, 9.17) is 23.2 Å². The summed E-state index contributed by atoms with van der Waals surface area (Å²) in [6.45, 7) is 0.180. The normalized spacial score (nSPS) is 14.4. The van der Waals surface area contributed by atoms with Gasteiger partial charge < -0.3 is 14.8 Å². The maximum Gasteiger partial charge on any atom is 0.451 e. The van der Waals surface area contributed by atoms with Crippen LogP contribution in [0.1, 0.15) is 17.2 Å². The highest BCUT2D eigenvalue weighted by molar-refractivity contribution is 6.33. The zero-order valence-corrected chi connectivity index (χ0v) is 14.2. The van der Waals surface area contributed by atoms with Gasteiger partial charge in [-0.15, -0.1) is 10.2 Å². The topological polar surface area (TPSA) is 63.1 Å². The molecule has 0 unspecified atom stereocenters. The van der Waals surface area contributed by atoms with Gasteiger partial charge in [-0.25, -0.2) is 4.79 Å². The molecule has 0 radical (unpaired) electrons. The van der Waals surface area contributed by atoms with E-state index in [0.29, 0.717) is 15.6 Å². The summed E-state index contributed by atoms with van der Waals surface area (Å²) in [5.41, 5.74) is 0.641. The van der Waals surface area contributed by atoms with Crippen molar-refractivity contribution in [3.63, 3.8) is 0 Å². The van der Waals surface area contributed by atoms with Crippen LogP contribution in [0.15, 0.2) is 18.2 Å². The Labute approximate surface area is 150 Å². The number of hydrogen-bond donors (Lipinski definition) is 1. The molecule has 0 saturated carbocycles. The van der Waals surface area contributed by atoms with Crippen LogP contribution in [0.3, 0.4) is 0 Å². The lowest BCUT2D eigenvalue weighted by molar-refractivity contribution is -0.147. The van der Waals surface area contributed by atoms with Crippen LogP contribution in [0.2, 0.25) is 10.0 Å². The SMILES string of the molecule is O=C(NCc1cc(Cl)ccc1Cl)N1CCn2c(nnc2C(F)(F)F)C1. The quantitative estimate of drug-likeness (QED) is 0.850. The smallest absolute Gasteiger partial charge is 0.334 e. The zero-order chi connectivity index (χ0) is 18.2. The molecular formula is C14H12Cl2F3N5O. The van der Waals surface area contributed by atoms with E-state index in [-0.39, 0.29) is 32.0 Å². The van der Waals surface area contributed by atoms with E-state index < -0.39 is 18.0 Å². The fourth-order valence-electron chi connectivity index (χ4n) is 2.50. The van der Waals surface area contributed by atoms with Crippen molar-refractivity contribution in [3.8, 4) is 0 Å². The summed E-state index contributed by atoms with van der Waals surface area (Å²) in [5, 5.41) is 10.3. The molecule has 3 rings (SSSR count). The van der Waals surface area contributed by atoms with Crippen molar-refractivity contribution >= 4 is 29.2 Å². The second-order valence-corrected chi connectivity index (χ2v) is 6.25. The first-order valence-corrected chi connectivity index (χ1v) is 7.97. The predicted octanol–water partition coefficient (Wildman–Crippen LogP) is 3.33. The lowest BCUT2D eigenvalue weighted by atomic mass is 10.2. The van der Waals surface area contributed by atoms with Gasteiger partial charge in [-0.1, -0.05) is 23.2 Å². The number of aromatic nitrogens is 3. The highest BCUT2D eigenvalue weighted by Gasteiger charge is 2.39. The Hall–Kier alpha value is -2.00. The summed E-state index contributed by atoms with van der Waals surface area (Å²) in [4.78, 5) is 13.6. The summed E-state index contributed by atoms with van der Waals surface area (Å²) >= 11 is 11.9. The largest absolute Gasteiger partial charge is 0.451 e. The molecule has 1 aromatic heterocycles. The monoisotopic (exact) mass is 393 g/mol. The van der Waals surface area contributed by atoms with Gasteiger partial charge in [0.1, 0.15) is 0 Å². The summed E-state index contributed by atoms with van der Waals surface area (Å²) in [5.74, 6) is -0.956. The minimum absolute atomic E-state index is 0.0253. The number of fused-ring (bicyclic) bond motifs is 1. The van der Waals surface area contributed by atoms with Crippen molar-refractivity contribution < 1.29 is 18.0 Å². The van der Waals surface area contributed by atoms with Crippen molar-refractivity contribution in [2.45, 2.75) is 25.8 Å². The Morgan fingerprint density at radius 3 is 2.72 bits per heavy atom. The second kappa shape index (κ2) is 6.72. The summed E-state index contributed by atoms with van der Waals surface area (Å²) in [7, 11) is 0. The van der Waals surface area contributed by atoms with Gasteiger partial charge in [0.25, 0.3) is 0 Å². The van der Waals surface area contributed by atoms with Crippen LogP contribution in [-0.4, -0.2) is 32.2 Å². The van der Waals surface area contributed by atoms with Gasteiger partial charge in [-0.2, -0.15) is 13.2 Å². The van der Waals surface area contributed by atoms with Crippen LogP contribution < -0.4 is 5.32 Å². The van der Waals surface area contributed by atoms with Crippen molar-refractivity contribution in [1.82, 2.24) is 25.0 Å². The molecular weight excluding hydrogens is 382 g/mol. The van der Waals surface area contributed by atoms with Crippen LogP contribution in [-0.2, 0) is 25.8 Å². The number of halogens is 5. The average Bonchev–Trinajstić information content (AvgIpc) is 2.98. The molecule has 1 aromatic carbocycles. The number of carbonyl (C=O) groups is 1. The molecule has 0 aliphatic carbocycles. The molecule has 2 aromatic rings. The van der Waals surface area contributed by atoms with Gasteiger partial charge in [0.2, 0.25) is 5.82 Å². The lowest BCUT2D eigenvalue weighted by Gasteiger charge is -2.28. The second-order valence-electron chi connectivity index (χ2n) is 5.41. The van der Waals surface area contributed by atoms with Crippen LogP contribution >= 0.6 is 23.2 Å². The third kappa shape index (κ3) is 3.82. The predicted molar refractivity (Wildman–Crippen MR) is 84.1 cm³/mol. The molecule has 2 amide bonds. The molecule has 2 heterocycles. The maximum atomic E-state index is 12.8. The van der Waals surface area contributed by atoms with Crippen LogP contribution in [0.4, 0.5) is 18.0 Å². The van der Waals surface area contributed by atoms with Gasteiger partial charge in [-0.3, -0.25) is 0 Å². The van der Waals surface area contributed by atoms with E-state index in [2.05, 4.69) is 15.5 Å². The minimum atomic E-state index is -4.57. The van der Waals surface area contributed by atoms with E-state index in [1.165, 1.54) is 4.90 Å². The van der Waals surface area contributed by atoms with Gasteiger partial charge in [0, 0.05) is 29.7 Å². The molecule has 1 aliphatic heterocycles. The molecule has 6 nitrogen and oxygen atoms in total. The van der Waals surface area contributed by atoms with Gasteiger partial charge in [0.15, 0.2) is 5.82 Å². The third-order valence-electron chi connectivity index (χ3n) is 3.73. The molecule has 11 heteroatoms. The van der Waals surface area contributed by atoms with E-state index in [1.807, 2.05) is 0 Å². The van der Waals surface area contributed by atoms with Crippen LogP contribution in [0.25, 0.3) is 0 Å². The Morgan fingerprint density at radius 2 is 2.00 bits per heavy atom. The van der Waals surface area contributed by atoms with E-state index in [9.17, 15) is 18.0 Å². The van der Waals surface area contributed by atoms with Crippen LogP contribution in [0.5, 0.6) is 0 Å². The molecule has 0 bridgehead atoms. The molecule has 1 aliphatic rings. The molecule has 0 saturated heterocycles. The number of urea groups is 1. The first kappa shape index (κ1) is 17.8. The standard InChI is InChI=1S/C14H12Cl2F3N5O/c15-9-1-2-10(16)8(5-9)6-20-13(25)23-3-4-24-11(7-23)21-22-12(24)14(17,18)19/h1-2,5H,3-4,6-7H2,(H,20,25). The number of rotatable bonds is 2. The van der Waals surface area contributed by atoms with Crippen molar-refractivity contribution in [2.75, 3.05) is 6.54 Å². The molecule has 0 fully saturated rings. The number of hydrogen-bond acceptors (Lipinski definition) is 3. The molecule has 1 N–H and O–H groups in total. The van der Waals surface area contributed by atoms with Crippen molar-refractivity contribution in [3.05, 3.63) is 45.5 Å². The highest BCUT2D eigenvalue weighted by Crippen LogP contribution is 2.29. The fourth-order valence-corrected chi connectivity index (χ4v) is 2.88. The molecule has 0 atom stereocenters. The summed E-state index contributed by atoms with van der Waals surface area (Å²) in [6.07, 6.45) is -4.57. The Balaban J connectivity index is 1.65. The van der Waals surface area contributed by atoms with E-state index in [0.717, 1.165) is 4.57 Å². The van der Waals surface area contributed by atoms with Gasteiger partial charge >= 0.3 is 12.2 Å². The maximum absolute atomic E-state index is 12.8. The van der Waals surface area contributed by atoms with Crippen molar-refractivity contribution in [1.29, 1.82) is 0 Å². The van der Waals surface area contributed by atoms with Crippen LogP contribution in [0, 0.1) is 0 Å². The Bertz CT molecular complexity index is 808. The first-order valence-electron chi connectivity index (χ1n) is 7.21. The lowest BCUT2D eigenvalue weighted by Crippen LogP contribution is -2.44. The third-order valence-corrected chi connectivity index (χ3v) is 4.34. The minimum Gasteiger partial charge on any atom is -0.334 e. The fraction of sp³-hybridized carbons (Fsp3) is 0.357. The molecule has 25 heavy (non-hydrogen) atoms. The number of amides is 2. The number of nitrogens with zero attached hydrogens (tertiary/aromatic N) is 4. The number of benzene rings is 1. The van der Waals surface area contributed by atoms with E-state index in [1.54, 1.807) is 18.2 Å². The average molecular weight is 394 g/mol. The van der Waals surface area contributed by atoms with Crippen molar-refractivity contribution in [2.24, 2.45) is 0 Å². The van der Waals surface area contributed by atoms with E-state index >= 15 is 0 Å². The Kier molecular flexibility index (Phi) is 4.79. The number of alkyl halides is 3. The summed E-state index contributed by atoms with van der Waals surface area (Å²) < 4.78 is 39.4. The zero-order valence-electron chi connectivity index (χ0n) is 12.6. The Morgan fingerprint density at radius 1 is 1.24 bits per heavy atom. The first-order chi connectivity index (χ1) is 11.8. The molecule has 134 valence electrons. The van der Waals surface area contributed by atoms with Gasteiger partial charge in [-0.05, 0) is 23.8 Å².